The van der Waals surface area contributed by atoms with E-state index < -0.39 is 0 Å². The second kappa shape index (κ2) is 7.75. The Labute approximate surface area is 155 Å². The van der Waals surface area contributed by atoms with Gasteiger partial charge in [-0.1, -0.05) is 44.2 Å². The molecular formula is C19H28ClN3O2. The molecule has 0 aliphatic carbocycles. The Kier molecular flexibility index (Phi) is 6.12. The maximum absolute atomic E-state index is 12.8. The van der Waals surface area contributed by atoms with E-state index in [-0.39, 0.29) is 41.6 Å². The zero-order valence-corrected chi connectivity index (χ0v) is 15.8. The SMILES string of the molecule is CC1(C)CN(C(=O)C2CC(=O)N(Cc3ccccc3)C2)CCC1N.Cl. The average molecular weight is 366 g/mol. The first-order valence-electron chi connectivity index (χ1n) is 8.73. The summed E-state index contributed by atoms with van der Waals surface area (Å²) in [4.78, 5) is 28.8. The van der Waals surface area contributed by atoms with Crippen LogP contribution in [0.25, 0.3) is 0 Å². The van der Waals surface area contributed by atoms with Crippen LogP contribution in [0.5, 0.6) is 0 Å². The molecule has 25 heavy (non-hydrogen) atoms. The van der Waals surface area contributed by atoms with E-state index in [1.165, 1.54) is 0 Å². The molecule has 2 heterocycles. The van der Waals surface area contributed by atoms with E-state index in [9.17, 15) is 9.59 Å². The average Bonchev–Trinajstić information content (AvgIpc) is 2.91. The highest BCUT2D eigenvalue weighted by atomic mass is 35.5. The van der Waals surface area contributed by atoms with Gasteiger partial charge in [0, 0.05) is 38.6 Å². The van der Waals surface area contributed by atoms with E-state index in [2.05, 4.69) is 13.8 Å². The lowest BCUT2D eigenvalue weighted by atomic mass is 9.79. The second-order valence-corrected chi connectivity index (χ2v) is 7.80. The van der Waals surface area contributed by atoms with Crippen LogP contribution in [-0.4, -0.2) is 47.3 Å². The van der Waals surface area contributed by atoms with Gasteiger partial charge in [-0.15, -0.1) is 12.4 Å². The summed E-state index contributed by atoms with van der Waals surface area (Å²) in [5, 5.41) is 0. The summed E-state index contributed by atoms with van der Waals surface area (Å²) in [5.41, 5.74) is 7.19. The van der Waals surface area contributed by atoms with Gasteiger partial charge < -0.3 is 15.5 Å². The second-order valence-electron chi connectivity index (χ2n) is 7.80. The molecule has 0 spiro atoms. The van der Waals surface area contributed by atoms with Crippen LogP contribution in [0.1, 0.15) is 32.3 Å². The Balaban J connectivity index is 0.00000225. The molecule has 2 aliphatic heterocycles. The summed E-state index contributed by atoms with van der Waals surface area (Å²) in [6, 6.07) is 10.1. The van der Waals surface area contributed by atoms with Crippen molar-refractivity contribution >= 4 is 24.2 Å². The maximum Gasteiger partial charge on any atom is 0.228 e. The van der Waals surface area contributed by atoms with Gasteiger partial charge in [-0.2, -0.15) is 0 Å². The molecule has 1 aromatic carbocycles. The van der Waals surface area contributed by atoms with Crippen LogP contribution in [0.4, 0.5) is 0 Å². The van der Waals surface area contributed by atoms with Crippen molar-refractivity contribution < 1.29 is 9.59 Å². The van der Waals surface area contributed by atoms with Gasteiger partial charge in [0.1, 0.15) is 0 Å². The fraction of sp³-hybridized carbons (Fsp3) is 0.579. The zero-order chi connectivity index (χ0) is 17.3. The van der Waals surface area contributed by atoms with Crippen LogP contribution >= 0.6 is 12.4 Å². The molecule has 2 aliphatic rings. The van der Waals surface area contributed by atoms with Crippen molar-refractivity contribution in [1.82, 2.24) is 9.80 Å². The molecule has 138 valence electrons. The van der Waals surface area contributed by atoms with Crippen molar-refractivity contribution in [3.8, 4) is 0 Å². The molecular weight excluding hydrogens is 338 g/mol. The fourth-order valence-electron chi connectivity index (χ4n) is 3.71. The molecule has 0 bridgehead atoms. The van der Waals surface area contributed by atoms with E-state index >= 15 is 0 Å². The molecule has 0 saturated carbocycles. The monoisotopic (exact) mass is 365 g/mol. The van der Waals surface area contributed by atoms with Crippen molar-refractivity contribution in [2.24, 2.45) is 17.1 Å². The molecule has 0 aromatic heterocycles. The predicted octanol–water partition coefficient (Wildman–Crippen LogP) is 2.04. The van der Waals surface area contributed by atoms with Gasteiger partial charge >= 0.3 is 0 Å². The number of carbonyl (C=O) groups excluding carboxylic acids is 2. The van der Waals surface area contributed by atoms with Gasteiger partial charge in [0.25, 0.3) is 0 Å². The largest absolute Gasteiger partial charge is 0.342 e. The number of benzene rings is 1. The number of halogens is 1. The number of nitrogens with zero attached hydrogens (tertiary/aromatic N) is 2. The maximum atomic E-state index is 12.8. The molecule has 2 fully saturated rings. The minimum atomic E-state index is -0.216. The summed E-state index contributed by atoms with van der Waals surface area (Å²) in [7, 11) is 0. The molecule has 2 amide bonds. The lowest BCUT2D eigenvalue weighted by Gasteiger charge is -2.43. The van der Waals surface area contributed by atoms with Gasteiger partial charge in [0.05, 0.1) is 5.92 Å². The molecule has 5 nitrogen and oxygen atoms in total. The van der Waals surface area contributed by atoms with E-state index in [1.54, 1.807) is 4.90 Å². The number of amides is 2. The fourth-order valence-corrected chi connectivity index (χ4v) is 3.71. The summed E-state index contributed by atoms with van der Waals surface area (Å²) in [5.74, 6) is -0.0320. The van der Waals surface area contributed by atoms with Crippen molar-refractivity contribution in [3.63, 3.8) is 0 Å². The molecule has 2 atom stereocenters. The number of carbonyl (C=O) groups is 2. The van der Waals surface area contributed by atoms with Gasteiger partial charge in [0.15, 0.2) is 0 Å². The minimum Gasteiger partial charge on any atom is -0.342 e. The molecule has 2 N–H and O–H groups in total. The lowest BCUT2D eigenvalue weighted by molar-refractivity contribution is -0.139. The number of nitrogens with two attached hydrogens (primary N) is 1. The highest BCUT2D eigenvalue weighted by Gasteiger charge is 2.41. The molecule has 2 saturated heterocycles. The van der Waals surface area contributed by atoms with Gasteiger partial charge in [0.2, 0.25) is 11.8 Å². The number of piperidine rings is 1. The van der Waals surface area contributed by atoms with Gasteiger partial charge in [-0.3, -0.25) is 9.59 Å². The third-order valence-electron chi connectivity index (χ3n) is 5.40. The Bertz CT molecular complexity index is 620. The third-order valence-corrected chi connectivity index (χ3v) is 5.40. The zero-order valence-electron chi connectivity index (χ0n) is 15.0. The van der Waals surface area contributed by atoms with Crippen molar-refractivity contribution in [2.45, 2.75) is 39.3 Å². The quantitative estimate of drug-likeness (QED) is 0.891. The smallest absolute Gasteiger partial charge is 0.228 e. The Morgan fingerprint density at radius 1 is 1.28 bits per heavy atom. The van der Waals surface area contributed by atoms with E-state index in [0.29, 0.717) is 32.6 Å². The van der Waals surface area contributed by atoms with Crippen LogP contribution in [0, 0.1) is 11.3 Å². The Morgan fingerprint density at radius 3 is 2.60 bits per heavy atom. The topological polar surface area (TPSA) is 66.6 Å². The van der Waals surface area contributed by atoms with E-state index in [1.807, 2.05) is 35.2 Å². The minimum absolute atomic E-state index is 0. The van der Waals surface area contributed by atoms with E-state index in [0.717, 1.165) is 12.0 Å². The summed E-state index contributed by atoms with van der Waals surface area (Å²) in [6.45, 7) is 6.70. The Hall–Kier alpha value is -1.59. The van der Waals surface area contributed by atoms with Crippen LogP contribution in [-0.2, 0) is 16.1 Å². The third kappa shape index (κ3) is 4.33. The number of hydrogen-bond acceptors (Lipinski definition) is 3. The standard InChI is InChI=1S/C19H27N3O2.ClH/c1-19(2)13-21(9-8-16(19)20)18(24)15-10-17(23)22(12-15)11-14-6-4-3-5-7-14;/h3-7,15-16H,8-13,20H2,1-2H3;1H. The first-order chi connectivity index (χ1) is 11.4. The lowest BCUT2D eigenvalue weighted by Crippen LogP contribution is -2.55. The van der Waals surface area contributed by atoms with E-state index in [4.69, 9.17) is 5.73 Å². The summed E-state index contributed by atoms with van der Waals surface area (Å²) in [6.07, 6.45) is 1.15. The number of rotatable bonds is 3. The normalized spacial score (nSPS) is 25.6. The first kappa shape index (κ1) is 19.7. The van der Waals surface area contributed by atoms with Gasteiger partial charge in [-0.25, -0.2) is 0 Å². The summed E-state index contributed by atoms with van der Waals surface area (Å²) >= 11 is 0. The first-order valence-corrected chi connectivity index (χ1v) is 8.73. The van der Waals surface area contributed by atoms with Crippen LogP contribution < -0.4 is 5.73 Å². The highest BCUT2D eigenvalue weighted by Crippen LogP contribution is 2.30. The molecule has 3 rings (SSSR count). The number of likely N-dealkylation sites (tertiary alicyclic amines) is 2. The van der Waals surface area contributed by atoms with Crippen molar-refractivity contribution in [2.75, 3.05) is 19.6 Å². The Morgan fingerprint density at radius 2 is 1.96 bits per heavy atom. The molecule has 6 heteroatoms. The molecule has 1 aromatic rings. The molecule has 2 unspecified atom stereocenters. The van der Waals surface area contributed by atoms with Crippen LogP contribution in [0.2, 0.25) is 0 Å². The number of hydrogen-bond donors (Lipinski definition) is 1. The van der Waals surface area contributed by atoms with Crippen LogP contribution in [0.15, 0.2) is 30.3 Å². The van der Waals surface area contributed by atoms with Crippen molar-refractivity contribution in [3.05, 3.63) is 35.9 Å². The van der Waals surface area contributed by atoms with Crippen molar-refractivity contribution in [1.29, 1.82) is 0 Å². The van der Waals surface area contributed by atoms with Gasteiger partial charge in [-0.05, 0) is 17.4 Å². The van der Waals surface area contributed by atoms with Crippen LogP contribution in [0.3, 0.4) is 0 Å². The summed E-state index contributed by atoms with van der Waals surface area (Å²) < 4.78 is 0. The highest BCUT2D eigenvalue weighted by molar-refractivity contribution is 5.89. The molecule has 0 radical (unpaired) electrons. The predicted molar refractivity (Wildman–Crippen MR) is 100 cm³/mol.